The zero-order valence-electron chi connectivity index (χ0n) is 15.5. The molecule has 29 heavy (non-hydrogen) atoms. The predicted octanol–water partition coefficient (Wildman–Crippen LogP) is 4.23. The number of hydrogen-bond acceptors (Lipinski definition) is 6. The number of para-hydroxylation sites is 1. The summed E-state index contributed by atoms with van der Waals surface area (Å²) >= 11 is 2.46. The Morgan fingerprint density at radius 3 is 2.93 bits per heavy atom. The summed E-state index contributed by atoms with van der Waals surface area (Å²) in [5.41, 5.74) is 3.23. The van der Waals surface area contributed by atoms with Gasteiger partial charge in [0, 0.05) is 27.9 Å². The van der Waals surface area contributed by atoms with Gasteiger partial charge in [-0.25, -0.2) is 0 Å². The summed E-state index contributed by atoms with van der Waals surface area (Å²) in [6.45, 7) is -0.265. The number of anilines is 1. The van der Waals surface area contributed by atoms with Crippen LogP contribution in [0.5, 0.6) is 5.88 Å². The van der Waals surface area contributed by atoms with E-state index in [0.29, 0.717) is 10.6 Å². The van der Waals surface area contributed by atoms with Crippen LogP contribution in [0.2, 0.25) is 0 Å². The molecule has 3 aromatic rings. The number of thioether (sulfide) groups is 1. The first-order valence-electron chi connectivity index (χ1n) is 8.77. The lowest BCUT2D eigenvalue weighted by Gasteiger charge is -2.07. The molecule has 0 saturated carbocycles. The van der Waals surface area contributed by atoms with Crippen LogP contribution in [0, 0.1) is 0 Å². The molecule has 1 aliphatic heterocycles. The van der Waals surface area contributed by atoms with E-state index in [1.54, 1.807) is 30.1 Å². The predicted molar refractivity (Wildman–Crippen MR) is 120 cm³/mol. The zero-order chi connectivity index (χ0) is 20.4. The molecule has 0 unspecified atom stereocenters. The maximum absolute atomic E-state index is 12.4. The highest BCUT2D eigenvalue weighted by Gasteiger charge is 2.18. The summed E-state index contributed by atoms with van der Waals surface area (Å²) in [6.07, 6.45) is 5.37. The molecule has 1 amide bonds. The number of thiazole rings is 1. The molecular weight excluding hydrogens is 406 g/mol. The number of fused-ring (bicyclic) bond motifs is 1. The third kappa shape index (κ3) is 4.03. The van der Waals surface area contributed by atoms with Gasteiger partial charge in [-0.2, -0.15) is 0 Å². The van der Waals surface area contributed by atoms with E-state index in [4.69, 9.17) is 0 Å². The van der Waals surface area contributed by atoms with Gasteiger partial charge in [0.25, 0.3) is 0 Å². The second-order valence-electron chi connectivity index (χ2n) is 6.30. The number of benzene rings is 2. The molecule has 0 atom stereocenters. The lowest BCUT2D eigenvalue weighted by atomic mass is 10.1. The van der Waals surface area contributed by atoms with Crippen LogP contribution in [0.25, 0.3) is 11.6 Å². The molecule has 2 heterocycles. The molecule has 146 valence electrons. The monoisotopic (exact) mass is 423 g/mol. The highest BCUT2D eigenvalue weighted by Crippen LogP contribution is 2.34. The quantitative estimate of drug-likeness (QED) is 0.602. The van der Waals surface area contributed by atoms with Gasteiger partial charge in [-0.15, -0.1) is 11.8 Å². The Labute approximate surface area is 175 Å². The number of aromatic hydroxyl groups is 1. The highest BCUT2D eigenvalue weighted by atomic mass is 32.2. The molecular formula is C21H17N3O3S2. The van der Waals surface area contributed by atoms with Crippen LogP contribution in [-0.4, -0.2) is 28.1 Å². The number of amides is 1. The smallest absolute Gasteiger partial charge is 0.311 e. The zero-order valence-corrected chi connectivity index (χ0v) is 17.1. The molecule has 0 aliphatic carbocycles. The number of nitrogens with zero attached hydrogens (tertiary/aromatic N) is 2. The SMILES string of the molecule is CSc1cccc(NC(=O)Cn2c(O)c(C=C3C=Nc4ccccc43)sc2=O)c1. The van der Waals surface area contributed by atoms with Crippen molar-refractivity contribution in [2.45, 2.75) is 11.4 Å². The van der Waals surface area contributed by atoms with Gasteiger partial charge >= 0.3 is 4.87 Å². The Hall–Kier alpha value is -3.10. The van der Waals surface area contributed by atoms with Gasteiger partial charge in [0.15, 0.2) is 0 Å². The number of aliphatic imine (C=N–C) groups is 1. The van der Waals surface area contributed by atoms with E-state index in [1.807, 2.05) is 48.7 Å². The van der Waals surface area contributed by atoms with Crippen LogP contribution in [0.3, 0.4) is 0 Å². The average molecular weight is 424 g/mol. The van der Waals surface area contributed by atoms with Gasteiger partial charge in [-0.05, 0) is 36.6 Å². The first kappa shape index (κ1) is 19.2. The van der Waals surface area contributed by atoms with E-state index in [2.05, 4.69) is 10.3 Å². The van der Waals surface area contributed by atoms with Crippen molar-refractivity contribution in [3.63, 3.8) is 0 Å². The third-order valence-corrected chi connectivity index (χ3v) is 6.03. The molecule has 1 aromatic heterocycles. The van der Waals surface area contributed by atoms with E-state index >= 15 is 0 Å². The van der Waals surface area contributed by atoms with Crippen molar-refractivity contribution < 1.29 is 9.90 Å². The fourth-order valence-electron chi connectivity index (χ4n) is 2.99. The first-order valence-corrected chi connectivity index (χ1v) is 10.8. The molecule has 1 aliphatic rings. The standard InChI is InChI=1S/C21H17N3O3S2/c1-28-15-6-4-5-14(10-15)23-19(25)12-24-20(26)18(29-21(24)27)9-13-11-22-17-8-3-2-7-16(13)17/h2-11,26H,12H2,1H3,(H,23,25). The number of aromatic nitrogens is 1. The highest BCUT2D eigenvalue weighted by molar-refractivity contribution is 7.98. The Kier molecular flexibility index (Phi) is 5.37. The molecule has 6 nitrogen and oxygen atoms in total. The largest absolute Gasteiger partial charge is 0.493 e. The summed E-state index contributed by atoms with van der Waals surface area (Å²) in [4.78, 5) is 30.1. The number of nitrogens with one attached hydrogen (secondary N) is 1. The second-order valence-corrected chi connectivity index (χ2v) is 8.17. The summed E-state index contributed by atoms with van der Waals surface area (Å²) in [7, 11) is 0. The Balaban J connectivity index is 1.55. The van der Waals surface area contributed by atoms with E-state index in [0.717, 1.165) is 37.6 Å². The van der Waals surface area contributed by atoms with Gasteiger partial charge in [-0.3, -0.25) is 19.1 Å². The van der Waals surface area contributed by atoms with Crippen LogP contribution in [0.4, 0.5) is 11.4 Å². The number of carbonyl (C=O) groups excluding carboxylic acids is 1. The third-order valence-electron chi connectivity index (χ3n) is 4.39. The molecule has 2 aromatic carbocycles. The summed E-state index contributed by atoms with van der Waals surface area (Å²) in [5, 5.41) is 13.3. The van der Waals surface area contributed by atoms with Crippen molar-refractivity contribution in [3.8, 4) is 5.88 Å². The summed E-state index contributed by atoms with van der Waals surface area (Å²) in [6, 6.07) is 15.1. The van der Waals surface area contributed by atoms with Crippen molar-refractivity contribution in [1.82, 2.24) is 4.57 Å². The minimum atomic E-state index is -0.398. The molecule has 4 rings (SSSR count). The minimum Gasteiger partial charge on any atom is -0.493 e. The molecule has 0 saturated heterocycles. The van der Waals surface area contributed by atoms with Crippen molar-refractivity contribution in [3.05, 3.63) is 68.6 Å². The van der Waals surface area contributed by atoms with Crippen molar-refractivity contribution >= 4 is 58.2 Å². The fourth-order valence-corrected chi connectivity index (χ4v) is 4.28. The van der Waals surface area contributed by atoms with Gasteiger partial charge in [-0.1, -0.05) is 35.6 Å². The topological polar surface area (TPSA) is 83.7 Å². The Bertz CT molecular complexity index is 1210. The lowest BCUT2D eigenvalue weighted by molar-refractivity contribution is -0.116. The van der Waals surface area contributed by atoms with E-state index in [1.165, 1.54) is 0 Å². The maximum atomic E-state index is 12.4. The number of carbonyl (C=O) groups is 1. The van der Waals surface area contributed by atoms with Crippen LogP contribution >= 0.6 is 23.1 Å². The molecule has 0 fully saturated rings. The molecule has 8 heteroatoms. The normalized spacial score (nSPS) is 13.6. The fraction of sp³-hybridized carbons (Fsp3) is 0.0952. The molecule has 0 bridgehead atoms. The molecule has 0 spiro atoms. The van der Waals surface area contributed by atoms with E-state index in [-0.39, 0.29) is 18.3 Å². The average Bonchev–Trinajstić information content (AvgIpc) is 3.24. The first-order chi connectivity index (χ1) is 14.0. The second kappa shape index (κ2) is 8.10. The Morgan fingerprint density at radius 2 is 2.10 bits per heavy atom. The van der Waals surface area contributed by atoms with Crippen LogP contribution in [0.15, 0.2) is 63.2 Å². The number of rotatable bonds is 5. The van der Waals surface area contributed by atoms with E-state index in [9.17, 15) is 14.7 Å². The minimum absolute atomic E-state index is 0.224. The van der Waals surface area contributed by atoms with Crippen LogP contribution in [0.1, 0.15) is 10.4 Å². The van der Waals surface area contributed by atoms with Crippen LogP contribution in [-0.2, 0) is 11.3 Å². The lowest BCUT2D eigenvalue weighted by Crippen LogP contribution is -2.24. The number of hydrogen-bond donors (Lipinski definition) is 2. The summed E-state index contributed by atoms with van der Waals surface area (Å²) in [5.74, 6) is -0.608. The van der Waals surface area contributed by atoms with Crippen molar-refractivity contribution in [2.75, 3.05) is 11.6 Å². The molecule has 0 radical (unpaired) electrons. The number of allylic oxidation sites excluding steroid dienone is 1. The van der Waals surface area contributed by atoms with Crippen LogP contribution < -0.4 is 10.2 Å². The van der Waals surface area contributed by atoms with Crippen molar-refractivity contribution in [1.29, 1.82) is 0 Å². The van der Waals surface area contributed by atoms with E-state index < -0.39 is 4.87 Å². The van der Waals surface area contributed by atoms with Gasteiger partial charge in [0.2, 0.25) is 11.8 Å². The molecule has 2 N–H and O–H groups in total. The van der Waals surface area contributed by atoms with Gasteiger partial charge < -0.3 is 10.4 Å². The maximum Gasteiger partial charge on any atom is 0.311 e. The Morgan fingerprint density at radius 1 is 1.28 bits per heavy atom. The van der Waals surface area contributed by atoms with Crippen molar-refractivity contribution in [2.24, 2.45) is 4.99 Å². The summed E-state index contributed by atoms with van der Waals surface area (Å²) < 4.78 is 1.07. The van der Waals surface area contributed by atoms with Gasteiger partial charge in [0.05, 0.1) is 10.6 Å². The van der Waals surface area contributed by atoms with Gasteiger partial charge in [0.1, 0.15) is 6.54 Å².